The maximum absolute atomic E-state index is 11.8. The molecule has 0 atom stereocenters. The first-order valence-electron chi connectivity index (χ1n) is 5.56. The fourth-order valence-electron chi connectivity index (χ4n) is 1.52. The van der Waals surface area contributed by atoms with Crippen molar-refractivity contribution < 1.29 is 13.2 Å². The third-order valence-corrected chi connectivity index (χ3v) is 3.56. The van der Waals surface area contributed by atoms with Crippen molar-refractivity contribution in [3.8, 4) is 0 Å². The minimum absolute atomic E-state index is 0.0686. The molecule has 0 saturated carbocycles. The molecule has 1 amide bonds. The Morgan fingerprint density at radius 3 is 2.37 bits per heavy atom. The van der Waals surface area contributed by atoms with Gasteiger partial charge in [-0.25, -0.2) is 13.1 Å². The van der Waals surface area contributed by atoms with Crippen molar-refractivity contribution in [3.63, 3.8) is 0 Å². The molecule has 0 fully saturated rings. The lowest BCUT2D eigenvalue weighted by molar-refractivity contribution is 0.0976. The number of pyridine rings is 1. The van der Waals surface area contributed by atoms with Gasteiger partial charge in [0.25, 0.3) is 5.91 Å². The molecule has 0 radical (unpaired) electrons. The molecule has 0 spiro atoms. The normalized spacial score (nSPS) is 10.9. The summed E-state index contributed by atoms with van der Waals surface area (Å²) in [4.78, 5) is 15.5. The molecule has 1 heterocycles. The summed E-state index contributed by atoms with van der Waals surface area (Å²) in [5, 5.41) is 0. The summed E-state index contributed by atoms with van der Waals surface area (Å²) in [5.41, 5.74) is 0.683. The molecule has 2 aromatic rings. The fraction of sp³-hybridized carbons (Fsp3) is 0.0769. The number of amides is 1. The fourth-order valence-corrected chi connectivity index (χ4v) is 2.61. The Bertz CT molecular complexity index is 655. The van der Waals surface area contributed by atoms with E-state index in [2.05, 4.69) is 4.98 Å². The molecule has 0 aliphatic rings. The molecule has 2 rings (SSSR count). The SMILES string of the molecule is O=C(NS(=O)(=O)Cc1ccccc1)c1ccccn1. The van der Waals surface area contributed by atoms with Crippen LogP contribution >= 0.6 is 0 Å². The zero-order valence-corrected chi connectivity index (χ0v) is 10.8. The van der Waals surface area contributed by atoms with Crippen LogP contribution in [0.3, 0.4) is 0 Å². The third-order valence-electron chi connectivity index (χ3n) is 2.35. The quantitative estimate of drug-likeness (QED) is 0.914. The number of sulfonamides is 1. The van der Waals surface area contributed by atoms with E-state index < -0.39 is 15.9 Å². The van der Waals surface area contributed by atoms with E-state index in [0.717, 1.165) is 0 Å². The summed E-state index contributed by atoms with van der Waals surface area (Å²) in [5.74, 6) is -0.969. The van der Waals surface area contributed by atoms with Crippen LogP contribution in [0.2, 0.25) is 0 Å². The Morgan fingerprint density at radius 2 is 1.74 bits per heavy atom. The molecule has 1 N–H and O–H groups in total. The molecule has 0 aliphatic carbocycles. The molecule has 5 nitrogen and oxygen atoms in total. The van der Waals surface area contributed by atoms with Gasteiger partial charge in [0, 0.05) is 6.20 Å². The van der Waals surface area contributed by atoms with E-state index in [1.54, 1.807) is 42.5 Å². The Morgan fingerprint density at radius 1 is 1.05 bits per heavy atom. The second-order valence-corrected chi connectivity index (χ2v) is 5.61. The average Bonchev–Trinajstić information content (AvgIpc) is 2.39. The summed E-state index contributed by atoms with van der Waals surface area (Å²) in [6.07, 6.45) is 1.43. The molecule has 6 heteroatoms. The number of hydrogen-bond donors (Lipinski definition) is 1. The lowest BCUT2D eigenvalue weighted by atomic mass is 10.2. The highest BCUT2D eigenvalue weighted by atomic mass is 32.2. The van der Waals surface area contributed by atoms with Crippen LogP contribution in [0.1, 0.15) is 16.1 Å². The number of benzene rings is 1. The Kier molecular flexibility index (Phi) is 3.91. The van der Waals surface area contributed by atoms with Gasteiger partial charge in [0.1, 0.15) is 5.69 Å². The maximum atomic E-state index is 11.8. The zero-order valence-electron chi connectivity index (χ0n) is 9.98. The number of carbonyl (C=O) groups is 1. The number of rotatable bonds is 4. The highest BCUT2D eigenvalue weighted by molar-refractivity contribution is 7.89. The van der Waals surface area contributed by atoms with Gasteiger partial charge in [-0.3, -0.25) is 9.78 Å². The van der Waals surface area contributed by atoms with Gasteiger partial charge in [-0.2, -0.15) is 0 Å². The van der Waals surface area contributed by atoms with Gasteiger partial charge in [-0.15, -0.1) is 0 Å². The standard InChI is InChI=1S/C13H12N2O3S/c16-13(12-8-4-5-9-14-12)15-19(17,18)10-11-6-2-1-3-7-11/h1-9H,10H2,(H,15,16). The summed E-state index contributed by atoms with van der Waals surface area (Å²) >= 11 is 0. The molecular formula is C13H12N2O3S. The van der Waals surface area contributed by atoms with E-state index in [-0.39, 0.29) is 11.4 Å². The van der Waals surface area contributed by atoms with Gasteiger partial charge >= 0.3 is 0 Å². The van der Waals surface area contributed by atoms with Gasteiger partial charge in [-0.1, -0.05) is 36.4 Å². The van der Waals surface area contributed by atoms with E-state index >= 15 is 0 Å². The molecule has 0 bridgehead atoms. The minimum atomic E-state index is -3.72. The third kappa shape index (κ3) is 3.89. The van der Waals surface area contributed by atoms with Crippen molar-refractivity contribution in [1.82, 2.24) is 9.71 Å². The van der Waals surface area contributed by atoms with Crippen LogP contribution in [0, 0.1) is 0 Å². The maximum Gasteiger partial charge on any atom is 0.283 e. The summed E-state index contributed by atoms with van der Waals surface area (Å²) in [7, 11) is -3.72. The minimum Gasteiger partial charge on any atom is -0.266 e. The number of carbonyl (C=O) groups excluding carboxylic acids is 1. The highest BCUT2D eigenvalue weighted by Gasteiger charge is 2.17. The van der Waals surface area contributed by atoms with Gasteiger partial charge in [0.15, 0.2) is 0 Å². The second kappa shape index (κ2) is 5.62. The first-order valence-corrected chi connectivity index (χ1v) is 7.22. The Hall–Kier alpha value is -2.21. The van der Waals surface area contributed by atoms with Gasteiger partial charge in [0.2, 0.25) is 10.0 Å². The smallest absolute Gasteiger partial charge is 0.266 e. The van der Waals surface area contributed by atoms with E-state index in [1.807, 2.05) is 4.72 Å². The van der Waals surface area contributed by atoms with Crippen LogP contribution in [0.4, 0.5) is 0 Å². The molecule has 0 unspecified atom stereocenters. The average molecular weight is 276 g/mol. The first-order chi connectivity index (χ1) is 9.07. The van der Waals surface area contributed by atoms with E-state index in [1.165, 1.54) is 12.3 Å². The van der Waals surface area contributed by atoms with Crippen molar-refractivity contribution in [3.05, 3.63) is 66.0 Å². The molecule has 1 aromatic heterocycles. The van der Waals surface area contributed by atoms with E-state index in [0.29, 0.717) is 5.56 Å². The number of nitrogens with one attached hydrogen (secondary N) is 1. The lowest BCUT2D eigenvalue weighted by Gasteiger charge is -2.06. The molecule has 0 saturated heterocycles. The van der Waals surface area contributed by atoms with Crippen LogP contribution in [0.5, 0.6) is 0 Å². The van der Waals surface area contributed by atoms with Crippen LogP contribution in [0.25, 0.3) is 0 Å². The van der Waals surface area contributed by atoms with Crippen LogP contribution in [-0.2, 0) is 15.8 Å². The Labute approximate surface area is 111 Å². The first kappa shape index (κ1) is 13.2. The topological polar surface area (TPSA) is 76.1 Å². The highest BCUT2D eigenvalue weighted by Crippen LogP contribution is 2.04. The predicted octanol–water partition coefficient (Wildman–Crippen LogP) is 1.34. The van der Waals surface area contributed by atoms with Crippen molar-refractivity contribution >= 4 is 15.9 Å². The predicted molar refractivity (Wildman–Crippen MR) is 70.8 cm³/mol. The summed E-state index contributed by atoms with van der Waals surface area (Å²) < 4.78 is 25.6. The van der Waals surface area contributed by atoms with Crippen LogP contribution in [0.15, 0.2) is 54.7 Å². The molecular weight excluding hydrogens is 264 g/mol. The monoisotopic (exact) mass is 276 g/mol. The molecule has 19 heavy (non-hydrogen) atoms. The molecule has 98 valence electrons. The van der Waals surface area contributed by atoms with Crippen LogP contribution < -0.4 is 4.72 Å². The molecule has 0 aliphatic heterocycles. The Balaban J connectivity index is 2.08. The summed E-state index contributed by atoms with van der Waals surface area (Å²) in [6, 6.07) is 13.4. The lowest BCUT2D eigenvalue weighted by Crippen LogP contribution is -2.32. The van der Waals surface area contributed by atoms with Crippen molar-refractivity contribution in [2.45, 2.75) is 5.75 Å². The van der Waals surface area contributed by atoms with Crippen molar-refractivity contribution in [2.24, 2.45) is 0 Å². The molecule has 1 aromatic carbocycles. The van der Waals surface area contributed by atoms with Crippen molar-refractivity contribution in [2.75, 3.05) is 0 Å². The van der Waals surface area contributed by atoms with Crippen LogP contribution in [-0.4, -0.2) is 19.3 Å². The van der Waals surface area contributed by atoms with Crippen molar-refractivity contribution in [1.29, 1.82) is 0 Å². The zero-order chi connectivity index (χ0) is 13.7. The van der Waals surface area contributed by atoms with Gasteiger partial charge in [-0.05, 0) is 17.7 Å². The number of nitrogens with zero attached hydrogens (tertiary/aromatic N) is 1. The number of aromatic nitrogens is 1. The van der Waals surface area contributed by atoms with Gasteiger partial charge in [0.05, 0.1) is 5.75 Å². The second-order valence-electron chi connectivity index (χ2n) is 3.89. The van der Waals surface area contributed by atoms with E-state index in [9.17, 15) is 13.2 Å². The van der Waals surface area contributed by atoms with E-state index in [4.69, 9.17) is 0 Å². The summed E-state index contributed by atoms with van der Waals surface area (Å²) in [6.45, 7) is 0. The van der Waals surface area contributed by atoms with Gasteiger partial charge < -0.3 is 0 Å². The number of hydrogen-bond acceptors (Lipinski definition) is 4. The largest absolute Gasteiger partial charge is 0.283 e.